The van der Waals surface area contributed by atoms with Gasteiger partial charge in [-0.15, -0.1) is 0 Å². The van der Waals surface area contributed by atoms with Gasteiger partial charge in [-0.25, -0.2) is 0 Å². The first-order chi connectivity index (χ1) is 14.3. The largest absolute Gasteiger partial charge is 0.383 e. The fraction of sp³-hybridized carbons (Fsp3) is 0.435. The first-order valence-corrected chi connectivity index (χ1v) is 10.1. The van der Waals surface area contributed by atoms with Crippen LogP contribution in [0.1, 0.15) is 30.7 Å². The molecule has 3 rings (SSSR count). The quantitative estimate of drug-likeness (QED) is 0.711. The van der Waals surface area contributed by atoms with Crippen molar-refractivity contribution in [3.8, 4) is 0 Å². The molecule has 1 N–H and O–H groups in total. The molecule has 30 heavy (non-hydrogen) atoms. The zero-order valence-electron chi connectivity index (χ0n) is 18.4. The van der Waals surface area contributed by atoms with Crippen LogP contribution < -0.4 is 15.1 Å². The van der Waals surface area contributed by atoms with Gasteiger partial charge in [0.25, 0.3) is 0 Å². The van der Waals surface area contributed by atoms with Gasteiger partial charge in [0.1, 0.15) is 5.41 Å². The number of fused-ring (bicyclic) bond motifs is 1. The molecule has 2 amide bonds. The van der Waals surface area contributed by atoms with Gasteiger partial charge in [0, 0.05) is 45.7 Å². The SMILES string of the molecule is COCCN1C(=O)C(C)(C)C(=O)N(C)c2cc(CNCc3cccnc3C)ccc21. The topological polar surface area (TPSA) is 74.8 Å². The van der Waals surface area contributed by atoms with E-state index in [0.29, 0.717) is 26.2 Å². The molecule has 1 aliphatic heterocycles. The average Bonchev–Trinajstić information content (AvgIpc) is 2.78. The second kappa shape index (κ2) is 8.93. The number of pyridine rings is 1. The van der Waals surface area contributed by atoms with Crippen LogP contribution in [0.2, 0.25) is 0 Å². The molecular formula is C23H30N4O3. The smallest absolute Gasteiger partial charge is 0.242 e. The van der Waals surface area contributed by atoms with Gasteiger partial charge in [-0.3, -0.25) is 14.6 Å². The Hall–Kier alpha value is -2.77. The molecule has 0 radical (unpaired) electrons. The van der Waals surface area contributed by atoms with Crippen molar-refractivity contribution < 1.29 is 14.3 Å². The lowest BCUT2D eigenvalue weighted by Gasteiger charge is -2.27. The Morgan fingerprint density at radius 3 is 2.57 bits per heavy atom. The van der Waals surface area contributed by atoms with Crippen LogP contribution in [0.5, 0.6) is 0 Å². The van der Waals surface area contributed by atoms with Crippen LogP contribution in [0.3, 0.4) is 0 Å². The van der Waals surface area contributed by atoms with E-state index < -0.39 is 5.41 Å². The molecule has 7 heteroatoms. The summed E-state index contributed by atoms with van der Waals surface area (Å²) < 4.78 is 5.19. The Morgan fingerprint density at radius 2 is 1.87 bits per heavy atom. The number of methoxy groups -OCH3 is 1. The molecule has 2 heterocycles. The molecule has 0 saturated heterocycles. The number of nitrogens with one attached hydrogen (secondary N) is 1. The molecular weight excluding hydrogens is 380 g/mol. The van der Waals surface area contributed by atoms with E-state index in [9.17, 15) is 9.59 Å². The zero-order valence-corrected chi connectivity index (χ0v) is 18.4. The molecule has 1 aromatic carbocycles. The van der Waals surface area contributed by atoms with E-state index in [2.05, 4.69) is 16.4 Å². The summed E-state index contributed by atoms with van der Waals surface area (Å²) in [5, 5.41) is 3.43. The predicted molar refractivity (Wildman–Crippen MR) is 117 cm³/mol. The first-order valence-electron chi connectivity index (χ1n) is 10.1. The molecule has 2 aromatic rings. The van der Waals surface area contributed by atoms with Gasteiger partial charge < -0.3 is 19.9 Å². The number of amides is 2. The minimum Gasteiger partial charge on any atom is -0.383 e. The number of anilines is 2. The highest BCUT2D eigenvalue weighted by Crippen LogP contribution is 2.38. The van der Waals surface area contributed by atoms with Crippen molar-refractivity contribution in [2.24, 2.45) is 5.41 Å². The molecule has 0 bridgehead atoms. The summed E-state index contributed by atoms with van der Waals surface area (Å²) >= 11 is 0. The fourth-order valence-corrected chi connectivity index (χ4v) is 3.69. The highest BCUT2D eigenvalue weighted by molar-refractivity contribution is 6.19. The Bertz CT molecular complexity index is 942. The number of nitrogens with zero attached hydrogens (tertiary/aromatic N) is 3. The van der Waals surface area contributed by atoms with E-state index in [-0.39, 0.29) is 11.8 Å². The lowest BCUT2D eigenvalue weighted by atomic mass is 9.90. The van der Waals surface area contributed by atoms with Crippen molar-refractivity contribution in [3.05, 3.63) is 53.3 Å². The van der Waals surface area contributed by atoms with E-state index in [0.717, 1.165) is 28.2 Å². The normalized spacial score (nSPS) is 15.9. The maximum absolute atomic E-state index is 13.1. The Morgan fingerprint density at radius 1 is 1.10 bits per heavy atom. The number of ether oxygens (including phenoxy) is 1. The summed E-state index contributed by atoms with van der Waals surface area (Å²) in [6.45, 7) is 7.48. The molecule has 0 spiro atoms. The van der Waals surface area contributed by atoms with Crippen LogP contribution in [-0.4, -0.2) is 44.1 Å². The molecule has 0 fully saturated rings. The van der Waals surface area contributed by atoms with Crippen molar-refractivity contribution in [1.29, 1.82) is 0 Å². The van der Waals surface area contributed by atoms with Crippen molar-refractivity contribution in [1.82, 2.24) is 10.3 Å². The van der Waals surface area contributed by atoms with Crippen LogP contribution in [0, 0.1) is 12.3 Å². The standard InChI is InChI=1S/C23H30N4O3/c1-16-18(7-6-10-25-16)15-24-14-17-8-9-19-20(13-17)26(4)21(28)23(2,3)22(29)27(19)11-12-30-5/h6-10,13,24H,11-12,14-15H2,1-5H3. The lowest BCUT2D eigenvalue weighted by molar-refractivity contribution is -0.137. The fourth-order valence-electron chi connectivity index (χ4n) is 3.69. The molecule has 1 aliphatic rings. The zero-order chi connectivity index (χ0) is 21.9. The number of carbonyl (C=O) groups excluding carboxylic acids is 2. The predicted octanol–water partition coefficient (Wildman–Crippen LogP) is 2.66. The van der Waals surface area contributed by atoms with Crippen LogP contribution in [0.15, 0.2) is 36.5 Å². The van der Waals surface area contributed by atoms with Gasteiger partial charge >= 0.3 is 0 Å². The Kier molecular flexibility index (Phi) is 6.53. The minimum absolute atomic E-state index is 0.215. The molecule has 0 unspecified atom stereocenters. The average molecular weight is 411 g/mol. The monoisotopic (exact) mass is 410 g/mol. The Balaban J connectivity index is 1.86. The second-order valence-electron chi connectivity index (χ2n) is 8.11. The highest BCUT2D eigenvalue weighted by atomic mass is 16.5. The summed E-state index contributed by atoms with van der Waals surface area (Å²) in [5.74, 6) is -0.433. The number of rotatable bonds is 7. The Labute approximate surface area is 178 Å². The van der Waals surface area contributed by atoms with Gasteiger partial charge in [-0.2, -0.15) is 0 Å². The van der Waals surface area contributed by atoms with Crippen LogP contribution in [0.25, 0.3) is 0 Å². The van der Waals surface area contributed by atoms with E-state index >= 15 is 0 Å². The second-order valence-corrected chi connectivity index (χ2v) is 8.11. The van der Waals surface area contributed by atoms with E-state index in [4.69, 9.17) is 4.74 Å². The third-order valence-corrected chi connectivity index (χ3v) is 5.59. The van der Waals surface area contributed by atoms with Crippen LogP contribution in [0.4, 0.5) is 11.4 Å². The third-order valence-electron chi connectivity index (χ3n) is 5.59. The molecule has 1 aromatic heterocycles. The number of benzene rings is 1. The number of aromatic nitrogens is 1. The van der Waals surface area contributed by atoms with Crippen molar-refractivity contribution in [2.45, 2.75) is 33.9 Å². The van der Waals surface area contributed by atoms with E-state index in [1.54, 1.807) is 44.0 Å². The minimum atomic E-state index is -1.14. The first kappa shape index (κ1) is 21.9. The van der Waals surface area contributed by atoms with Gasteiger partial charge in [-0.1, -0.05) is 12.1 Å². The summed E-state index contributed by atoms with van der Waals surface area (Å²) in [5.41, 5.74) is 3.51. The maximum atomic E-state index is 13.1. The number of hydrogen-bond acceptors (Lipinski definition) is 5. The van der Waals surface area contributed by atoms with Gasteiger partial charge in [-0.05, 0) is 50.1 Å². The maximum Gasteiger partial charge on any atom is 0.242 e. The van der Waals surface area contributed by atoms with Crippen LogP contribution >= 0.6 is 0 Å². The van der Waals surface area contributed by atoms with E-state index in [1.165, 1.54) is 0 Å². The number of aryl methyl sites for hydroxylation is 1. The van der Waals surface area contributed by atoms with Crippen molar-refractivity contribution in [3.63, 3.8) is 0 Å². The molecule has 0 saturated carbocycles. The van der Waals surface area contributed by atoms with Crippen molar-refractivity contribution in [2.75, 3.05) is 37.1 Å². The van der Waals surface area contributed by atoms with Crippen molar-refractivity contribution >= 4 is 23.2 Å². The molecule has 0 atom stereocenters. The van der Waals surface area contributed by atoms with Gasteiger partial charge in [0.2, 0.25) is 11.8 Å². The molecule has 7 nitrogen and oxygen atoms in total. The van der Waals surface area contributed by atoms with Crippen LogP contribution in [-0.2, 0) is 27.4 Å². The summed E-state index contributed by atoms with van der Waals surface area (Å²) in [6.07, 6.45) is 1.79. The van der Waals surface area contributed by atoms with Gasteiger partial charge in [0.05, 0.1) is 18.0 Å². The third kappa shape index (κ3) is 4.22. The number of hydrogen-bond donors (Lipinski definition) is 1. The summed E-state index contributed by atoms with van der Waals surface area (Å²) in [6, 6.07) is 9.87. The number of carbonyl (C=O) groups is 2. The van der Waals surface area contributed by atoms with Gasteiger partial charge in [0.15, 0.2) is 0 Å². The lowest BCUT2D eigenvalue weighted by Crippen LogP contribution is -2.48. The highest BCUT2D eigenvalue weighted by Gasteiger charge is 2.45. The van der Waals surface area contributed by atoms with E-state index in [1.807, 2.05) is 31.2 Å². The molecule has 0 aliphatic carbocycles. The summed E-state index contributed by atoms with van der Waals surface area (Å²) in [4.78, 5) is 33.7. The summed E-state index contributed by atoms with van der Waals surface area (Å²) in [7, 11) is 3.33. The molecule has 160 valence electrons.